The van der Waals surface area contributed by atoms with Crippen molar-refractivity contribution in [3.8, 4) is 0 Å². The highest BCUT2D eigenvalue weighted by molar-refractivity contribution is 5.81. The normalized spacial score (nSPS) is 14.8. The Morgan fingerprint density at radius 2 is 1.87 bits per heavy atom. The predicted octanol–water partition coefficient (Wildman–Crippen LogP) is 1.25. The minimum absolute atomic E-state index is 0.203. The van der Waals surface area contributed by atoms with E-state index in [0.717, 1.165) is 64.8 Å². The number of rotatable bonds is 12. The van der Waals surface area contributed by atoms with Gasteiger partial charge in [-0.3, -0.25) is 9.79 Å². The summed E-state index contributed by atoms with van der Waals surface area (Å²) in [6, 6.07) is 10.4. The van der Waals surface area contributed by atoms with Gasteiger partial charge >= 0.3 is 0 Å². The average molecular weight is 433 g/mol. The first kappa shape index (κ1) is 24.9. The number of amides is 1. The molecule has 1 saturated heterocycles. The van der Waals surface area contributed by atoms with Gasteiger partial charge in [-0.1, -0.05) is 18.2 Å². The number of carbonyl (C=O) groups is 1. The number of carbonyl (C=O) groups excluding carboxylic acids is 1. The number of ether oxygens (including phenoxy) is 1. The van der Waals surface area contributed by atoms with Crippen LogP contribution in [-0.2, 0) is 9.53 Å². The molecule has 0 atom stereocenters. The number of anilines is 1. The molecule has 174 valence electrons. The topological polar surface area (TPSA) is 72.4 Å². The second kappa shape index (κ2) is 14.6. The molecule has 0 unspecified atom stereocenters. The van der Waals surface area contributed by atoms with Crippen LogP contribution >= 0.6 is 0 Å². The van der Waals surface area contributed by atoms with Crippen molar-refractivity contribution >= 4 is 17.6 Å². The van der Waals surface area contributed by atoms with E-state index in [2.05, 4.69) is 56.7 Å². The third kappa shape index (κ3) is 9.57. The van der Waals surface area contributed by atoms with Gasteiger partial charge in [-0.25, -0.2) is 0 Å². The highest BCUT2D eigenvalue weighted by Gasteiger charge is 2.20. The number of nitrogens with one attached hydrogen (secondary N) is 2. The highest BCUT2D eigenvalue weighted by Crippen LogP contribution is 2.15. The van der Waals surface area contributed by atoms with Gasteiger partial charge in [0.05, 0.1) is 6.54 Å². The summed E-state index contributed by atoms with van der Waals surface area (Å²) in [5.41, 5.74) is 1.23. The minimum Gasteiger partial charge on any atom is -0.385 e. The Kier molecular flexibility index (Phi) is 11.8. The van der Waals surface area contributed by atoms with Crippen LogP contribution in [0.15, 0.2) is 35.3 Å². The molecule has 1 aromatic carbocycles. The summed E-state index contributed by atoms with van der Waals surface area (Å²) < 4.78 is 5.09. The predicted molar refractivity (Wildman–Crippen MR) is 128 cm³/mol. The maximum absolute atomic E-state index is 12.6. The molecule has 2 rings (SSSR count). The lowest BCUT2D eigenvalue weighted by atomic mass is 10.2. The van der Waals surface area contributed by atoms with Gasteiger partial charge in [0.15, 0.2) is 5.96 Å². The van der Waals surface area contributed by atoms with E-state index >= 15 is 0 Å². The van der Waals surface area contributed by atoms with Crippen molar-refractivity contribution in [2.75, 3.05) is 84.6 Å². The number of guanidine groups is 1. The molecule has 1 aliphatic rings. The lowest BCUT2D eigenvalue weighted by Crippen LogP contribution is -2.49. The van der Waals surface area contributed by atoms with Crippen LogP contribution in [0.1, 0.15) is 19.8 Å². The molecule has 0 aliphatic carbocycles. The fourth-order valence-corrected chi connectivity index (χ4v) is 3.56. The summed E-state index contributed by atoms with van der Waals surface area (Å²) in [6.07, 6.45) is 1.50. The van der Waals surface area contributed by atoms with Crippen LogP contribution in [-0.4, -0.2) is 101 Å². The van der Waals surface area contributed by atoms with Crippen LogP contribution in [0, 0.1) is 0 Å². The van der Waals surface area contributed by atoms with E-state index in [1.165, 1.54) is 5.69 Å². The fourth-order valence-electron chi connectivity index (χ4n) is 3.56. The highest BCUT2D eigenvalue weighted by atomic mass is 16.5. The molecule has 0 saturated carbocycles. The summed E-state index contributed by atoms with van der Waals surface area (Å²) in [4.78, 5) is 23.8. The molecule has 1 amide bonds. The van der Waals surface area contributed by atoms with Gasteiger partial charge in [-0.05, 0) is 32.5 Å². The first-order chi connectivity index (χ1) is 15.1. The average Bonchev–Trinajstić information content (AvgIpc) is 2.80. The Bertz CT molecular complexity index is 647. The van der Waals surface area contributed by atoms with Gasteiger partial charge in [-0.15, -0.1) is 0 Å². The number of nitrogens with zero attached hydrogens (tertiary/aromatic N) is 4. The van der Waals surface area contributed by atoms with Gasteiger partial charge in [0.1, 0.15) is 0 Å². The Balaban J connectivity index is 1.66. The summed E-state index contributed by atoms with van der Waals surface area (Å²) in [7, 11) is 3.83. The molecular formula is C23H40N6O2. The number of benzene rings is 1. The molecular weight excluding hydrogens is 392 g/mol. The number of methoxy groups -OCH3 is 1. The molecule has 1 fully saturated rings. The second-order valence-electron chi connectivity index (χ2n) is 7.79. The molecule has 0 bridgehead atoms. The number of likely N-dealkylation sites (N-methyl/N-ethyl adjacent to an activating group) is 1. The number of piperazine rings is 1. The van der Waals surface area contributed by atoms with Crippen molar-refractivity contribution in [2.24, 2.45) is 4.99 Å². The van der Waals surface area contributed by atoms with E-state index in [4.69, 9.17) is 4.74 Å². The molecule has 1 heterocycles. The van der Waals surface area contributed by atoms with E-state index in [-0.39, 0.29) is 5.91 Å². The lowest BCUT2D eigenvalue weighted by Gasteiger charge is -2.36. The molecule has 1 aliphatic heterocycles. The first-order valence-electron chi connectivity index (χ1n) is 11.4. The Labute approximate surface area is 187 Å². The van der Waals surface area contributed by atoms with E-state index < -0.39 is 0 Å². The zero-order valence-corrected chi connectivity index (χ0v) is 19.5. The summed E-state index contributed by atoms with van der Waals surface area (Å²) >= 11 is 0. The van der Waals surface area contributed by atoms with Crippen LogP contribution in [0.2, 0.25) is 0 Å². The Hall–Kier alpha value is -2.32. The van der Waals surface area contributed by atoms with Gasteiger partial charge < -0.3 is 30.1 Å². The van der Waals surface area contributed by atoms with E-state index in [1.807, 2.05) is 17.9 Å². The summed E-state index contributed by atoms with van der Waals surface area (Å²) in [6.45, 7) is 10.1. The van der Waals surface area contributed by atoms with Crippen LogP contribution in [0.4, 0.5) is 5.69 Å². The molecule has 0 radical (unpaired) electrons. The van der Waals surface area contributed by atoms with Crippen LogP contribution in [0.25, 0.3) is 0 Å². The zero-order valence-electron chi connectivity index (χ0n) is 19.5. The molecule has 0 aromatic heterocycles. The Morgan fingerprint density at radius 3 is 2.55 bits per heavy atom. The van der Waals surface area contributed by atoms with Gasteiger partial charge in [-0.2, -0.15) is 0 Å². The third-order valence-corrected chi connectivity index (χ3v) is 5.37. The van der Waals surface area contributed by atoms with Crippen molar-refractivity contribution < 1.29 is 9.53 Å². The second-order valence-corrected chi connectivity index (χ2v) is 7.79. The van der Waals surface area contributed by atoms with Crippen molar-refractivity contribution in [2.45, 2.75) is 19.8 Å². The number of para-hydroxylation sites is 1. The fraction of sp³-hybridized carbons (Fsp3) is 0.652. The van der Waals surface area contributed by atoms with Crippen LogP contribution in [0.3, 0.4) is 0 Å². The maximum atomic E-state index is 12.6. The van der Waals surface area contributed by atoms with Crippen LogP contribution in [0.5, 0.6) is 0 Å². The lowest BCUT2D eigenvalue weighted by molar-refractivity contribution is -0.131. The van der Waals surface area contributed by atoms with Crippen LogP contribution < -0.4 is 15.5 Å². The standard InChI is InChI=1S/C23H40N6O2/c1-4-24-23(26-13-15-27(2)14-8-20-31-3)25-12-11-22(30)29-18-16-28(17-19-29)21-9-6-5-7-10-21/h5-7,9-10H,4,8,11-20H2,1-3H3,(H2,24,25,26). The quantitative estimate of drug-likeness (QED) is 0.294. The van der Waals surface area contributed by atoms with Crippen molar-refractivity contribution in [1.29, 1.82) is 0 Å². The maximum Gasteiger partial charge on any atom is 0.224 e. The summed E-state index contributed by atoms with van der Waals surface area (Å²) in [5.74, 6) is 0.975. The van der Waals surface area contributed by atoms with E-state index in [9.17, 15) is 4.79 Å². The zero-order chi connectivity index (χ0) is 22.3. The molecule has 2 N–H and O–H groups in total. The first-order valence-corrected chi connectivity index (χ1v) is 11.4. The largest absolute Gasteiger partial charge is 0.385 e. The molecule has 8 heteroatoms. The minimum atomic E-state index is 0.203. The smallest absolute Gasteiger partial charge is 0.224 e. The van der Waals surface area contributed by atoms with Crippen molar-refractivity contribution in [1.82, 2.24) is 20.4 Å². The van der Waals surface area contributed by atoms with Crippen molar-refractivity contribution in [3.05, 3.63) is 30.3 Å². The number of hydrogen-bond acceptors (Lipinski definition) is 5. The number of aliphatic imine (C=N–C) groups is 1. The molecule has 1 aromatic rings. The van der Waals surface area contributed by atoms with Gasteiger partial charge in [0.2, 0.25) is 5.91 Å². The van der Waals surface area contributed by atoms with Crippen molar-refractivity contribution in [3.63, 3.8) is 0 Å². The Morgan fingerprint density at radius 1 is 1.13 bits per heavy atom. The van der Waals surface area contributed by atoms with Gasteiger partial charge in [0, 0.05) is 78.2 Å². The molecule has 8 nitrogen and oxygen atoms in total. The molecule has 31 heavy (non-hydrogen) atoms. The van der Waals surface area contributed by atoms with E-state index in [1.54, 1.807) is 7.11 Å². The van der Waals surface area contributed by atoms with E-state index in [0.29, 0.717) is 19.5 Å². The summed E-state index contributed by atoms with van der Waals surface area (Å²) in [5, 5.41) is 6.55. The molecule has 0 spiro atoms. The SMILES string of the molecule is CCNC(=NCCN(C)CCCOC)NCCC(=O)N1CCN(c2ccccc2)CC1. The number of hydrogen-bond donors (Lipinski definition) is 2. The third-order valence-electron chi connectivity index (χ3n) is 5.37. The monoisotopic (exact) mass is 432 g/mol. The van der Waals surface area contributed by atoms with Gasteiger partial charge in [0.25, 0.3) is 0 Å².